The zero-order chi connectivity index (χ0) is 20.8. The van der Waals surface area contributed by atoms with Crippen LogP contribution in [0.2, 0.25) is 0 Å². The number of benzene rings is 1. The Morgan fingerprint density at radius 3 is 2.20 bits per heavy atom. The largest absolute Gasteiger partial charge is 0.381 e. The van der Waals surface area contributed by atoms with Crippen LogP contribution in [0.3, 0.4) is 0 Å². The van der Waals surface area contributed by atoms with E-state index in [1.54, 1.807) is 19.5 Å². The van der Waals surface area contributed by atoms with Crippen LogP contribution in [0.5, 0.6) is 0 Å². The lowest BCUT2D eigenvalue weighted by Gasteiger charge is -2.26. The molecule has 0 atom stereocenters. The van der Waals surface area contributed by atoms with Crippen molar-refractivity contribution in [2.75, 3.05) is 17.7 Å². The van der Waals surface area contributed by atoms with Crippen molar-refractivity contribution in [2.45, 2.75) is 31.8 Å². The number of para-hydroxylation sites is 1. The Hall–Kier alpha value is -3.25. The van der Waals surface area contributed by atoms with E-state index in [4.69, 9.17) is 4.74 Å². The van der Waals surface area contributed by atoms with E-state index in [1.807, 2.05) is 54.6 Å². The average molecular weight is 402 g/mol. The van der Waals surface area contributed by atoms with E-state index >= 15 is 0 Å². The molecule has 1 saturated carbocycles. The van der Waals surface area contributed by atoms with E-state index in [1.165, 1.54) is 0 Å². The fourth-order valence-electron chi connectivity index (χ4n) is 3.82. The molecule has 6 heteroatoms. The number of pyridine rings is 2. The molecule has 4 rings (SSSR count). The lowest BCUT2D eigenvalue weighted by molar-refractivity contribution is -0.121. The number of hydrogen-bond acceptors (Lipinski definition) is 5. The highest BCUT2D eigenvalue weighted by Gasteiger charge is 2.26. The van der Waals surface area contributed by atoms with E-state index in [0.717, 1.165) is 48.3 Å². The minimum absolute atomic E-state index is 0.0180. The standard InChI is InChI=1S/C24H26N4O2/c1-30-21-9-7-17(8-10-21)24(29)28-23-16-19(12-14-26-23)18-11-13-25-22(15-18)27-20-5-3-2-4-6-20/h2-6,11-17,21H,7-10H2,1H3,(H,25,27)(H,26,28,29)/t17-,21+. The molecule has 6 nitrogen and oxygen atoms in total. The van der Waals surface area contributed by atoms with Gasteiger partial charge >= 0.3 is 0 Å². The summed E-state index contributed by atoms with van der Waals surface area (Å²) in [4.78, 5) is 21.4. The Morgan fingerprint density at radius 2 is 1.53 bits per heavy atom. The SMILES string of the molecule is CO[C@H]1CC[C@@H](C(=O)Nc2cc(-c3ccnc(Nc4ccccc4)c3)ccn2)CC1. The smallest absolute Gasteiger partial charge is 0.228 e. The minimum Gasteiger partial charge on any atom is -0.381 e. The Bertz CT molecular complexity index is 985. The number of nitrogens with zero attached hydrogens (tertiary/aromatic N) is 2. The molecule has 30 heavy (non-hydrogen) atoms. The Morgan fingerprint density at radius 1 is 0.900 bits per heavy atom. The predicted molar refractivity (Wildman–Crippen MR) is 119 cm³/mol. The van der Waals surface area contributed by atoms with Gasteiger partial charge in [0.2, 0.25) is 5.91 Å². The quantitative estimate of drug-likeness (QED) is 0.605. The summed E-state index contributed by atoms with van der Waals surface area (Å²) in [6, 6.07) is 17.7. The molecule has 0 aliphatic heterocycles. The zero-order valence-electron chi connectivity index (χ0n) is 17.0. The second-order valence-electron chi connectivity index (χ2n) is 7.55. The lowest BCUT2D eigenvalue weighted by atomic mass is 9.87. The molecule has 1 aliphatic carbocycles. The molecular formula is C24H26N4O2. The van der Waals surface area contributed by atoms with Gasteiger partial charge in [-0.25, -0.2) is 9.97 Å². The van der Waals surface area contributed by atoms with Crippen molar-refractivity contribution >= 4 is 23.2 Å². The van der Waals surface area contributed by atoms with Crippen LogP contribution in [0.1, 0.15) is 25.7 Å². The molecule has 2 aromatic heterocycles. The van der Waals surface area contributed by atoms with Crippen molar-refractivity contribution in [3.05, 3.63) is 67.0 Å². The van der Waals surface area contributed by atoms with Gasteiger partial charge in [0.15, 0.2) is 0 Å². The van der Waals surface area contributed by atoms with Gasteiger partial charge in [-0.1, -0.05) is 18.2 Å². The third kappa shape index (κ3) is 5.02. The van der Waals surface area contributed by atoms with Crippen molar-refractivity contribution in [2.24, 2.45) is 5.92 Å². The van der Waals surface area contributed by atoms with Crippen LogP contribution in [0.4, 0.5) is 17.3 Å². The summed E-state index contributed by atoms with van der Waals surface area (Å²) in [6.07, 6.45) is 7.32. The summed E-state index contributed by atoms with van der Waals surface area (Å²) >= 11 is 0. The molecular weight excluding hydrogens is 376 g/mol. The minimum atomic E-state index is 0.0180. The third-order valence-electron chi connectivity index (χ3n) is 5.53. The molecule has 0 spiro atoms. The van der Waals surface area contributed by atoms with Gasteiger partial charge in [0.05, 0.1) is 6.10 Å². The number of hydrogen-bond donors (Lipinski definition) is 2. The van der Waals surface area contributed by atoms with Crippen LogP contribution in [-0.4, -0.2) is 29.1 Å². The summed E-state index contributed by atoms with van der Waals surface area (Å²) < 4.78 is 5.39. The highest BCUT2D eigenvalue weighted by atomic mass is 16.5. The molecule has 0 unspecified atom stereocenters. The summed E-state index contributed by atoms with van der Waals surface area (Å²) in [7, 11) is 1.74. The maximum absolute atomic E-state index is 12.7. The molecule has 0 saturated heterocycles. The fourth-order valence-corrected chi connectivity index (χ4v) is 3.82. The average Bonchev–Trinajstić information content (AvgIpc) is 2.80. The maximum atomic E-state index is 12.7. The van der Waals surface area contributed by atoms with Gasteiger partial charge in [0.1, 0.15) is 11.6 Å². The van der Waals surface area contributed by atoms with Crippen molar-refractivity contribution in [1.29, 1.82) is 0 Å². The third-order valence-corrected chi connectivity index (χ3v) is 5.53. The molecule has 1 fully saturated rings. The number of carbonyl (C=O) groups excluding carboxylic acids is 1. The van der Waals surface area contributed by atoms with Crippen LogP contribution in [0, 0.1) is 5.92 Å². The van der Waals surface area contributed by atoms with Gasteiger partial charge in [-0.2, -0.15) is 0 Å². The fraction of sp³-hybridized carbons (Fsp3) is 0.292. The molecule has 1 aromatic carbocycles. The van der Waals surface area contributed by atoms with E-state index in [2.05, 4.69) is 20.6 Å². The number of anilines is 3. The Balaban J connectivity index is 1.44. The van der Waals surface area contributed by atoms with E-state index in [-0.39, 0.29) is 17.9 Å². The van der Waals surface area contributed by atoms with Gasteiger partial charge < -0.3 is 15.4 Å². The molecule has 3 aromatic rings. The van der Waals surface area contributed by atoms with Gasteiger partial charge in [-0.3, -0.25) is 4.79 Å². The topological polar surface area (TPSA) is 76.1 Å². The number of aromatic nitrogens is 2. The number of nitrogens with one attached hydrogen (secondary N) is 2. The monoisotopic (exact) mass is 402 g/mol. The van der Waals surface area contributed by atoms with Gasteiger partial charge in [0, 0.05) is 31.1 Å². The summed E-state index contributed by atoms with van der Waals surface area (Å²) in [5, 5.41) is 6.29. The number of methoxy groups -OCH3 is 1. The highest BCUT2D eigenvalue weighted by Crippen LogP contribution is 2.28. The first kappa shape index (κ1) is 20.0. The first-order valence-electron chi connectivity index (χ1n) is 10.3. The highest BCUT2D eigenvalue weighted by molar-refractivity contribution is 5.92. The first-order valence-corrected chi connectivity index (χ1v) is 10.3. The molecule has 154 valence electrons. The van der Waals surface area contributed by atoms with Crippen LogP contribution >= 0.6 is 0 Å². The number of carbonyl (C=O) groups is 1. The number of ether oxygens (including phenoxy) is 1. The summed E-state index contributed by atoms with van der Waals surface area (Å²) in [6.45, 7) is 0. The lowest BCUT2D eigenvalue weighted by Crippen LogP contribution is -2.29. The summed E-state index contributed by atoms with van der Waals surface area (Å²) in [5.41, 5.74) is 2.96. The van der Waals surface area contributed by atoms with Gasteiger partial charge in [-0.05, 0) is 73.2 Å². The van der Waals surface area contributed by atoms with Crippen LogP contribution < -0.4 is 10.6 Å². The van der Waals surface area contributed by atoms with E-state index < -0.39 is 0 Å². The molecule has 1 aliphatic rings. The van der Waals surface area contributed by atoms with Crippen LogP contribution in [0.25, 0.3) is 11.1 Å². The van der Waals surface area contributed by atoms with E-state index in [9.17, 15) is 4.79 Å². The van der Waals surface area contributed by atoms with Crippen LogP contribution in [0.15, 0.2) is 67.0 Å². The molecule has 2 heterocycles. The number of amides is 1. The zero-order valence-corrected chi connectivity index (χ0v) is 17.0. The molecule has 2 N–H and O–H groups in total. The first-order chi connectivity index (χ1) is 14.7. The Labute approximate surface area is 176 Å². The van der Waals surface area contributed by atoms with Crippen molar-refractivity contribution in [3.8, 4) is 11.1 Å². The molecule has 0 bridgehead atoms. The second-order valence-corrected chi connectivity index (χ2v) is 7.55. The Kier molecular flexibility index (Phi) is 6.35. The normalized spacial score (nSPS) is 18.6. The maximum Gasteiger partial charge on any atom is 0.228 e. The molecule has 1 amide bonds. The van der Waals surface area contributed by atoms with Crippen molar-refractivity contribution in [1.82, 2.24) is 9.97 Å². The molecule has 0 radical (unpaired) electrons. The van der Waals surface area contributed by atoms with Gasteiger partial charge in [-0.15, -0.1) is 0 Å². The van der Waals surface area contributed by atoms with Crippen LogP contribution in [-0.2, 0) is 9.53 Å². The predicted octanol–water partition coefficient (Wildman–Crippen LogP) is 5.03. The van der Waals surface area contributed by atoms with E-state index in [0.29, 0.717) is 5.82 Å². The van der Waals surface area contributed by atoms with Gasteiger partial charge in [0.25, 0.3) is 0 Å². The number of rotatable bonds is 6. The van der Waals surface area contributed by atoms with Crippen molar-refractivity contribution < 1.29 is 9.53 Å². The summed E-state index contributed by atoms with van der Waals surface area (Å²) in [5.74, 6) is 1.39. The van der Waals surface area contributed by atoms with Crippen molar-refractivity contribution in [3.63, 3.8) is 0 Å². The second kappa shape index (κ2) is 9.50.